The maximum absolute atomic E-state index is 13.0. The van der Waals surface area contributed by atoms with Crippen molar-refractivity contribution in [1.29, 1.82) is 0 Å². The Hall–Kier alpha value is -2.64. The van der Waals surface area contributed by atoms with Gasteiger partial charge in [0.1, 0.15) is 6.04 Å². The molecule has 1 N–H and O–H groups in total. The van der Waals surface area contributed by atoms with Gasteiger partial charge >= 0.3 is 0 Å². The van der Waals surface area contributed by atoms with Crippen LogP contribution in [-0.4, -0.2) is 61.9 Å². The summed E-state index contributed by atoms with van der Waals surface area (Å²) in [5.41, 5.74) is 2.22. The van der Waals surface area contributed by atoms with E-state index in [4.69, 9.17) is 0 Å². The predicted molar refractivity (Wildman–Crippen MR) is 104 cm³/mol. The summed E-state index contributed by atoms with van der Waals surface area (Å²) in [6, 6.07) is 3.07. The second-order valence-electron chi connectivity index (χ2n) is 7.83. The molecule has 8 heteroatoms. The number of rotatable bonds is 4. The quantitative estimate of drug-likeness (QED) is 0.859. The van der Waals surface area contributed by atoms with Gasteiger partial charge in [0.15, 0.2) is 5.65 Å². The molecule has 0 spiro atoms. The summed E-state index contributed by atoms with van der Waals surface area (Å²) >= 11 is 0. The summed E-state index contributed by atoms with van der Waals surface area (Å²) in [5, 5.41) is 3.17. The smallest absolute Gasteiger partial charge is 0.272 e. The van der Waals surface area contributed by atoms with Crippen molar-refractivity contribution in [2.45, 2.75) is 57.9 Å². The van der Waals surface area contributed by atoms with Crippen LogP contribution >= 0.6 is 0 Å². The number of carbonyl (C=O) groups excluding carboxylic acids is 2. The molecule has 2 fully saturated rings. The summed E-state index contributed by atoms with van der Waals surface area (Å²) in [6.45, 7) is 5.77. The van der Waals surface area contributed by atoms with Crippen LogP contribution in [0, 0.1) is 0 Å². The Bertz CT molecular complexity index is 962. The second-order valence-corrected chi connectivity index (χ2v) is 7.83. The molecule has 0 bridgehead atoms. The average molecular weight is 385 g/mol. The number of aryl methyl sites for hydroxylation is 1. The minimum absolute atomic E-state index is 0.0135. The lowest BCUT2D eigenvalue weighted by Crippen LogP contribution is -2.50. The van der Waals surface area contributed by atoms with E-state index in [0.29, 0.717) is 38.1 Å². The molecule has 2 aliphatic rings. The predicted octanol–water partition coefficient (Wildman–Crippen LogP) is 1.30. The number of nitrogens with zero attached hydrogens (tertiary/aromatic N) is 4. The molecule has 2 aliphatic heterocycles. The normalized spacial score (nSPS) is 21.5. The number of hydrogen-bond acceptors (Lipinski definition) is 4. The highest BCUT2D eigenvalue weighted by Crippen LogP contribution is 2.27. The molecule has 2 atom stereocenters. The van der Waals surface area contributed by atoms with Gasteiger partial charge in [-0.2, -0.15) is 0 Å². The van der Waals surface area contributed by atoms with Gasteiger partial charge in [0.2, 0.25) is 11.8 Å². The van der Waals surface area contributed by atoms with Crippen LogP contribution in [-0.2, 0) is 16.0 Å². The van der Waals surface area contributed by atoms with Crippen molar-refractivity contribution in [3.05, 3.63) is 33.9 Å². The Kier molecular flexibility index (Phi) is 4.95. The van der Waals surface area contributed by atoms with Crippen LogP contribution in [0.25, 0.3) is 5.65 Å². The Morgan fingerprint density at radius 3 is 2.82 bits per heavy atom. The number of hydrogen-bond donors (Lipinski definition) is 1. The standard InChI is InChI=1S/C20H27N5O3/c1-3-15-10-19(27)25-17(21-15)11-16(22-25)14-6-4-8-23(12-14)20(28)13(2)24-9-5-7-18(24)26/h10-11,13-14,22H,3-9,12H2,1-2H3. The molecule has 28 heavy (non-hydrogen) atoms. The molecule has 2 amide bonds. The van der Waals surface area contributed by atoms with E-state index in [0.717, 1.165) is 30.7 Å². The van der Waals surface area contributed by atoms with Crippen molar-refractivity contribution in [1.82, 2.24) is 24.4 Å². The molecular weight excluding hydrogens is 358 g/mol. The van der Waals surface area contributed by atoms with Gasteiger partial charge < -0.3 is 9.80 Å². The molecule has 2 aromatic heterocycles. The molecule has 0 radical (unpaired) electrons. The number of likely N-dealkylation sites (tertiary alicyclic amines) is 2. The first-order valence-electron chi connectivity index (χ1n) is 10.2. The van der Waals surface area contributed by atoms with Crippen LogP contribution in [0.5, 0.6) is 0 Å². The molecule has 0 aromatic carbocycles. The van der Waals surface area contributed by atoms with Crippen molar-refractivity contribution in [3.8, 4) is 0 Å². The van der Waals surface area contributed by atoms with E-state index in [1.807, 2.05) is 24.8 Å². The fraction of sp³-hybridized carbons (Fsp3) is 0.600. The SMILES string of the molecule is CCc1cc(=O)n2[nH]c(C3CCCN(C(=O)C(C)N4CCCC4=O)C3)cc2n1. The number of amides is 2. The number of fused-ring (bicyclic) bond motifs is 1. The third-order valence-corrected chi connectivity index (χ3v) is 5.99. The van der Waals surface area contributed by atoms with E-state index >= 15 is 0 Å². The molecule has 150 valence electrons. The van der Waals surface area contributed by atoms with Crippen LogP contribution in [0.2, 0.25) is 0 Å². The van der Waals surface area contributed by atoms with Crippen molar-refractivity contribution in [2.24, 2.45) is 0 Å². The highest BCUT2D eigenvalue weighted by atomic mass is 16.2. The van der Waals surface area contributed by atoms with Gasteiger partial charge in [-0.3, -0.25) is 19.5 Å². The van der Waals surface area contributed by atoms with E-state index in [9.17, 15) is 14.4 Å². The minimum Gasteiger partial charge on any atom is -0.340 e. The lowest BCUT2D eigenvalue weighted by Gasteiger charge is -2.36. The second kappa shape index (κ2) is 7.41. The third kappa shape index (κ3) is 3.31. The first kappa shape index (κ1) is 18.7. The van der Waals surface area contributed by atoms with E-state index in [2.05, 4.69) is 10.1 Å². The van der Waals surface area contributed by atoms with Crippen molar-refractivity contribution < 1.29 is 9.59 Å². The summed E-state index contributed by atoms with van der Waals surface area (Å²) in [7, 11) is 0. The zero-order valence-electron chi connectivity index (χ0n) is 16.5. The average Bonchev–Trinajstić information content (AvgIpc) is 3.33. The van der Waals surface area contributed by atoms with Crippen molar-refractivity contribution >= 4 is 17.5 Å². The Morgan fingerprint density at radius 1 is 1.29 bits per heavy atom. The summed E-state index contributed by atoms with van der Waals surface area (Å²) < 4.78 is 1.47. The van der Waals surface area contributed by atoms with Crippen LogP contribution in [0.1, 0.15) is 56.8 Å². The molecule has 8 nitrogen and oxygen atoms in total. The summed E-state index contributed by atoms with van der Waals surface area (Å²) in [6.07, 6.45) is 3.93. The number of piperidine rings is 1. The topological polar surface area (TPSA) is 90.8 Å². The first-order valence-corrected chi connectivity index (χ1v) is 10.2. The van der Waals surface area contributed by atoms with Gasteiger partial charge in [-0.05, 0) is 32.6 Å². The molecule has 2 aromatic rings. The van der Waals surface area contributed by atoms with Crippen LogP contribution in [0.15, 0.2) is 16.9 Å². The maximum Gasteiger partial charge on any atom is 0.272 e. The fourth-order valence-corrected chi connectivity index (χ4v) is 4.36. The van der Waals surface area contributed by atoms with Crippen LogP contribution < -0.4 is 5.56 Å². The van der Waals surface area contributed by atoms with Gasteiger partial charge in [0.05, 0.1) is 0 Å². The Balaban J connectivity index is 1.53. The van der Waals surface area contributed by atoms with E-state index in [-0.39, 0.29) is 23.3 Å². The van der Waals surface area contributed by atoms with Gasteiger partial charge in [-0.15, -0.1) is 0 Å². The monoisotopic (exact) mass is 385 g/mol. The molecule has 0 aliphatic carbocycles. The molecule has 2 unspecified atom stereocenters. The van der Waals surface area contributed by atoms with Gasteiger partial charge in [0.25, 0.3) is 5.56 Å². The zero-order valence-corrected chi connectivity index (χ0v) is 16.5. The number of H-pyrrole nitrogens is 1. The summed E-state index contributed by atoms with van der Waals surface area (Å²) in [4.78, 5) is 45.3. The highest BCUT2D eigenvalue weighted by molar-refractivity contribution is 5.88. The lowest BCUT2D eigenvalue weighted by molar-refractivity contribution is -0.143. The maximum atomic E-state index is 13.0. The summed E-state index contributed by atoms with van der Waals surface area (Å²) in [5.74, 6) is 0.215. The molecule has 4 heterocycles. The number of carbonyl (C=O) groups is 2. The number of aromatic nitrogens is 3. The minimum atomic E-state index is -0.409. The molecular formula is C20H27N5O3. The van der Waals surface area contributed by atoms with E-state index < -0.39 is 6.04 Å². The van der Waals surface area contributed by atoms with Gasteiger partial charge in [0, 0.05) is 55.5 Å². The van der Waals surface area contributed by atoms with Gasteiger partial charge in [-0.1, -0.05) is 6.92 Å². The zero-order chi connectivity index (χ0) is 19.8. The van der Waals surface area contributed by atoms with Crippen molar-refractivity contribution in [3.63, 3.8) is 0 Å². The highest BCUT2D eigenvalue weighted by Gasteiger charge is 2.34. The molecule has 2 saturated heterocycles. The number of aromatic amines is 1. The largest absolute Gasteiger partial charge is 0.340 e. The molecule has 4 rings (SSSR count). The number of nitrogens with one attached hydrogen (secondary N) is 1. The molecule has 0 saturated carbocycles. The van der Waals surface area contributed by atoms with Crippen LogP contribution in [0.4, 0.5) is 0 Å². The van der Waals surface area contributed by atoms with Crippen molar-refractivity contribution in [2.75, 3.05) is 19.6 Å². The van der Waals surface area contributed by atoms with Gasteiger partial charge in [-0.25, -0.2) is 9.50 Å². The van der Waals surface area contributed by atoms with E-state index in [1.54, 1.807) is 11.0 Å². The van der Waals surface area contributed by atoms with Crippen LogP contribution in [0.3, 0.4) is 0 Å². The lowest BCUT2D eigenvalue weighted by atomic mass is 9.94. The van der Waals surface area contributed by atoms with E-state index in [1.165, 1.54) is 4.52 Å². The first-order chi connectivity index (χ1) is 13.5. The Morgan fingerprint density at radius 2 is 2.11 bits per heavy atom. The third-order valence-electron chi connectivity index (χ3n) is 5.99. The Labute approximate surface area is 163 Å². The fourth-order valence-electron chi connectivity index (χ4n) is 4.36.